The molecule has 0 spiro atoms. The number of halogens is 2. The maximum absolute atomic E-state index is 13.7. The number of thiocarbonyl (C=S) groups is 1. The van der Waals surface area contributed by atoms with Crippen molar-refractivity contribution >= 4 is 45.3 Å². The van der Waals surface area contributed by atoms with Gasteiger partial charge in [-0.1, -0.05) is 6.92 Å². The fourth-order valence-electron chi connectivity index (χ4n) is 2.26. The summed E-state index contributed by atoms with van der Waals surface area (Å²) in [6.45, 7) is 3.83. The highest BCUT2D eigenvalue weighted by Crippen LogP contribution is 2.34. The van der Waals surface area contributed by atoms with Crippen molar-refractivity contribution in [3.8, 4) is 0 Å². The molecule has 0 atom stereocenters. The van der Waals surface area contributed by atoms with Gasteiger partial charge in [-0.2, -0.15) is 0 Å². The number of esters is 1. The summed E-state index contributed by atoms with van der Waals surface area (Å²) in [5.41, 5.74) is 1.19. The molecule has 0 saturated heterocycles. The molecule has 1 heterocycles. The molecule has 0 fully saturated rings. The zero-order valence-electron chi connectivity index (χ0n) is 13.3. The van der Waals surface area contributed by atoms with Gasteiger partial charge >= 0.3 is 5.97 Å². The molecular weight excluding hydrogens is 354 g/mol. The van der Waals surface area contributed by atoms with E-state index in [0.717, 1.165) is 28.6 Å². The van der Waals surface area contributed by atoms with Crippen LogP contribution in [-0.4, -0.2) is 18.2 Å². The summed E-state index contributed by atoms with van der Waals surface area (Å²) in [6.07, 6.45) is 0.660. The Morgan fingerprint density at radius 2 is 2.04 bits per heavy atom. The lowest BCUT2D eigenvalue weighted by atomic mass is 10.1. The van der Waals surface area contributed by atoms with Crippen LogP contribution < -0.4 is 10.6 Å². The third kappa shape index (κ3) is 3.88. The minimum atomic E-state index is -0.634. The Morgan fingerprint density at radius 1 is 1.33 bits per heavy atom. The molecule has 8 heteroatoms. The molecule has 2 N–H and O–H groups in total. The minimum Gasteiger partial charge on any atom is -0.465 e. The van der Waals surface area contributed by atoms with Crippen molar-refractivity contribution in [2.45, 2.75) is 20.3 Å². The first-order valence-electron chi connectivity index (χ1n) is 7.11. The molecule has 0 aliphatic carbocycles. The van der Waals surface area contributed by atoms with E-state index in [1.54, 1.807) is 0 Å². The largest absolute Gasteiger partial charge is 0.465 e. The molecule has 0 amide bonds. The van der Waals surface area contributed by atoms with E-state index in [2.05, 4.69) is 10.6 Å². The van der Waals surface area contributed by atoms with E-state index >= 15 is 0 Å². The summed E-state index contributed by atoms with van der Waals surface area (Å²) in [5, 5.41) is 6.01. The number of benzene rings is 1. The van der Waals surface area contributed by atoms with Crippen LogP contribution in [0.4, 0.5) is 19.5 Å². The van der Waals surface area contributed by atoms with Gasteiger partial charge in [0.2, 0.25) is 0 Å². The monoisotopic (exact) mass is 370 g/mol. The molecule has 0 unspecified atom stereocenters. The molecular formula is C16H16F2N2O2S2. The first-order chi connectivity index (χ1) is 11.4. The lowest BCUT2D eigenvalue weighted by Gasteiger charge is -2.11. The molecule has 0 radical (unpaired) electrons. The summed E-state index contributed by atoms with van der Waals surface area (Å²) >= 11 is 6.48. The van der Waals surface area contributed by atoms with Crippen LogP contribution in [0, 0.1) is 18.6 Å². The quantitative estimate of drug-likeness (QED) is 0.613. The molecule has 0 bridgehead atoms. The van der Waals surface area contributed by atoms with E-state index < -0.39 is 17.6 Å². The summed E-state index contributed by atoms with van der Waals surface area (Å²) in [7, 11) is 1.30. The highest BCUT2D eigenvalue weighted by Gasteiger charge is 2.22. The third-order valence-corrected chi connectivity index (χ3v) is 4.62. The molecule has 4 nitrogen and oxygen atoms in total. The van der Waals surface area contributed by atoms with E-state index in [1.807, 2.05) is 13.8 Å². The van der Waals surface area contributed by atoms with Crippen LogP contribution in [0.15, 0.2) is 18.2 Å². The molecule has 2 aromatic rings. The maximum atomic E-state index is 13.7. The van der Waals surface area contributed by atoms with Crippen molar-refractivity contribution in [1.29, 1.82) is 0 Å². The maximum Gasteiger partial charge on any atom is 0.341 e. The molecule has 1 aromatic heterocycles. The van der Waals surface area contributed by atoms with E-state index in [0.29, 0.717) is 17.0 Å². The van der Waals surface area contributed by atoms with Gasteiger partial charge in [-0.15, -0.1) is 11.3 Å². The highest BCUT2D eigenvalue weighted by molar-refractivity contribution is 7.80. The van der Waals surface area contributed by atoms with Crippen LogP contribution in [0.1, 0.15) is 27.7 Å². The minimum absolute atomic E-state index is 0.0496. The van der Waals surface area contributed by atoms with Crippen molar-refractivity contribution in [3.63, 3.8) is 0 Å². The Kier molecular flexibility index (Phi) is 5.84. The van der Waals surface area contributed by atoms with Crippen LogP contribution in [0.3, 0.4) is 0 Å². The second-order valence-electron chi connectivity index (χ2n) is 4.89. The number of thiophene rings is 1. The fraction of sp³-hybridized carbons (Fsp3) is 0.250. The average molecular weight is 370 g/mol. The Morgan fingerprint density at radius 3 is 2.67 bits per heavy atom. The van der Waals surface area contributed by atoms with Gasteiger partial charge in [-0.3, -0.25) is 0 Å². The highest BCUT2D eigenvalue weighted by atomic mass is 32.1. The van der Waals surface area contributed by atoms with Gasteiger partial charge in [0.15, 0.2) is 5.11 Å². The molecule has 0 aliphatic heterocycles. The van der Waals surface area contributed by atoms with Crippen molar-refractivity contribution in [1.82, 2.24) is 0 Å². The first kappa shape index (κ1) is 18.3. The molecule has 0 saturated carbocycles. The Balaban J connectivity index is 2.26. The second kappa shape index (κ2) is 7.67. The SMILES string of the molecule is CCc1c(C)sc(NC(=S)Nc2cc(F)ccc2F)c1C(=O)OC. The van der Waals surface area contributed by atoms with E-state index in [4.69, 9.17) is 17.0 Å². The van der Waals surface area contributed by atoms with Gasteiger partial charge < -0.3 is 15.4 Å². The number of anilines is 2. The number of methoxy groups -OCH3 is 1. The van der Waals surface area contributed by atoms with Gasteiger partial charge in [0.05, 0.1) is 18.4 Å². The van der Waals surface area contributed by atoms with E-state index in [1.165, 1.54) is 18.4 Å². The number of nitrogens with one attached hydrogen (secondary N) is 2. The Labute approximate surface area is 147 Å². The zero-order valence-corrected chi connectivity index (χ0v) is 15.0. The molecule has 128 valence electrons. The van der Waals surface area contributed by atoms with Crippen LogP contribution in [-0.2, 0) is 11.2 Å². The lowest BCUT2D eigenvalue weighted by molar-refractivity contribution is 0.0601. The molecule has 0 aliphatic rings. The van der Waals surface area contributed by atoms with Crippen molar-refractivity contribution in [2.24, 2.45) is 0 Å². The Hall–Kier alpha value is -2.06. The normalized spacial score (nSPS) is 10.4. The van der Waals surface area contributed by atoms with Crippen molar-refractivity contribution in [3.05, 3.63) is 45.8 Å². The summed E-state index contributed by atoms with van der Waals surface area (Å²) in [5.74, 6) is -1.69. The number of carbonyl (C=O) groups is 1. The predicted molar refractivity (Wildman–Crippen MR) is 96.0 cm³/mol. The lowest BCUT2D eigenvalue weighted by Crippen LogP contribution is -2.21. The van der Waals surface area contributed by atoms with Crippen LogP contribution in [0.25, 0.3) is 0 Å². The van der Waals surface area contributed by atoms with Gasteiger partial charge in [0, 0.05) is 10.9 Å². The van der Waals surface area contributed by atoms with Gasteiger partial charge in [0.1, 0.15) is 16.6 Å². The topological polar surface area (TPSA) is 50.4 Å². The van der Waals surface area contributed by atoms with Gasteiger partial charge in [0.25, 0.3) is 0 Å². The van der Waals surface area contributed by atoms with E-state index in [-0.39, 0.29) is 10.8 Å². The number of rotatable bonds is 4. The predicted octanol–water partition coefficient (Wildman–Crippen LogP) is 4.49. The number of hydrogen-bond donors (Lipinski definition) is 2. The van der Waals surface area contributed by atoms with E-state index in [9.17, 15) is 13.6 Å². The summed E-state index contributed by atoms with van der Waals surface area (Å²) < 4.78 is 31.7. The van der Waals surface area contributed by atoms with Gasteiger partial charge in [-0.25, -0.2) is 13.6 Å². The summed E-state index contributed by atoms with van der Waals surface area (Å²) in [4.78, 5) is 13.0. The van der Waals surface area contributed by atoms with Crippen molar-refractivity contribution in [2.75, 3.05) is 17.7 Å². The molecule has 2 rings (SSSR count). The van der Waals surface area contributed by atoms with Crippen LogP contribution >= 0.6 is 23.6 Å². The number of hydrogen-bond acceptors (Lipinski definition) is 4. The summed E-state index contributed by atoms with van der Waals surface area (Å²) in [6, 6.07) is 3.02. The van der Waals surface area contributed by atoms with Crippen LogP contribution in [0.2, 0.25) is 0 Å². The average Bonchev–Trinajstić information content (AvgIpc) is 2.85. The first-order valence-corrected chi connectivity index (χ1v) is 8.33. The zero-order chi connectivity index (χ0) is 17.9. The Bertz CT molecular complexity index is 791. The molecule has 1 aromatic carbocycles. The smallest absolute Gasteiger partial charge is 0.341 e. The number of carbonyl (C=O) groups excluding carboxylic acids is 1. The number of aryl methyl sites for hydroxylation is 1. The van der Waals surface area contributed by atoms with Crippen molar-refractivity contribution < 1.29 is 18.3 Å². The van der Waals surface area contributed by atoms with Crippen LogP contribution in [0.5, 0.6) is 0 Å². The molecule has 24 heavy (non-hydrogen) atoms. The second-order valence-corrected chi connectivity index (χ2v) is 6.52. The van der Waals surface area contributed by atoms with Gasteiger partial charge in [-0.05, 0) is 43.3 Å². The fourth-order valence-corrected chi connectivity index (χ4v) is 3.67. The third-order valence-electron chi connectivity index (χ3n) is 3.36. The number of ether oxygens (including phenoxy) is 1. The standard InChI is InChI=1S/C16H16F2N2O2S2/c1-4-10-8(2)24-14(13(10)15(21)22-3)20-16(23)19-12-7-9(17)5-6-11(12)18/h5-7H,4H2,1-3H3,(H2,19,20,23).